The van der Waals surface area contributed by atoms with Gasteiger partial charge in [0.1, 0.15) is 6.07 Å². The molecule has 0 aromatic heterocycles. The van der Waals surface area contributed by atoms with Crippen LogP contribution in [0.3, 0.4) is 0 Å². The van der Waals surface area contributed by atoms with E-state index in [1.807, 2.05) is 36.4 Å². The predicted molar refractivity (Wildman–Crippen MR) is 95.1 cm³/mol. The molecule has 2 N–H and O–H groups in total. The topological polar surface area (TPSA) is 85.2 Å². The van der Waals surface area contributed by atoms with Gasteiger partial charge in [0.25, 0.3) is 0 Å². The highest BCUT2D eigenvalue weighted by Gasteiger charge is 2.30. The lowest BCUT2D eigenvalue weighted by Gasteiger charge is -2.17. The molecule has 2 aromatic rings. The van der Waals surface area contributed by atoms with Crippen LogP contribution < -0.4 is 15.5 Å². The minimum Gasteiger partial charge on any atom is -0.338 e. The van der Waals surface area contributed by atoms with Crippen molar-refractivity contribution in [1.82, 2.24) is 5.32 Å². The molecule has 1 heterocycles. The molecule has 0 radical (unpaired) electrons. The summed E-state index contributed by atoms with van der Waals surface area (Å²) in [4.78, 5) is 26.0. The summed E-state index contributed by atoms with van der Waals surface area (Å²) in [5.74, 6) is 0.123. The molecule has 1 atom stereocenters. The Bertz CT molecular complexity index is 814. The monoisotopic (exact) mass is 334 g/mol. The quantitative estimate of drug-likeness (QED) is 0.901. The van der Waals surface area contributed by atoms with E-state index >= 15 is 0 Å². The third-order valence-electron chi connectivity index (χ3n) is 4.12. The van der Waals surface area contributed by atoms with Crippen LogP contribution in [-0.2, 0) is 4.79 Å². The van der Waals surface area contributed by atoms with Crippen LogP contribution in [0.4, 0.5) is 16.2 Å². The zero-order valence-corrected chi connectivity index (χ0v) is 13.6. The minimum atomic E-state index is -0.381. The van der Waals surface area contributed by atoms with Gasteiger partial charge in [-0.15, -0.1) is 0 Å². The molecule has 0 spiro atoms. The van der Waals surface area contributed by atoms with Crippen LogP contribution in [-0.4, -0.2) is 25.0 Å². The Hall–Kier alpha value is -3.33. The Balaban J connectivity index is 1.53. The average molecular weight is 334 g/mol. The number of carbonyl (C=O) groups excluding carboxylic acids is 2. The number of hydrogen-bond donors (Lipinski definition) is 2. The maximum absolute atomic E-state index is 12.2. The van der Waals surface area contributed by atoms with Crippen LogP contribution in [0, 0.1) is 17.2 Å². The van der Waals surface area contributed by atoms with Gasteiger partial charge < -0.3 is 15.5 Å². The lowest BCUT2D eigenvalue weighted by Crippen LogP contribution is -2.34. The van der Waals surface area contributed by atoms with E-state index in [9.17, 15) is 9.59 Å². The van der Waals surface area contributed by atoms with E-state index in [0.29, 0.717) is 30.8 Å². The Labute approximate surface area is 146 Å². The van der Waals surface area contributed by atoms with Crippen LogP contribution in [0.2, 0.25) is 0 Å². The molecule has 6 nitrogen and oxygen atoms in total. The van der Waals surface area contributed by atoms with Crippen molar-refractivity contribution in [2.75, 3.05) is 23.3 Å². The fraction of sp³-hybridized carbons (Fsp3) is 0.211. The van der Waals surface area contributed by atoms with Gasteiger partial charge in [0.15, 0.2) is 0 Å². The summed E-state index contributed by atoms with van der Waals surface area (Å²) in [7, 11) is 0. The number of amides is 3. The Morgan fingerprint density at radius 2 is 1.88 bits per heavy atom. The zero-order chi connectivity index (χ0) is 17.6. The fourth-order valence-electron chi connectivity index (χ4n) is 2.87. The first kappa shape index (κ1) is 16.5. The van der Waals surface area contributed by atoms with Crippen LogP contribution >= 0.6 is 0 Å². The van der Waals surface area contributed by atoms with Gasteiger partial charge in [0.2, 0.25) is 5.91 Å². The molecule has 6 heteroatoms. The number of benzene rings is 2. The van der Waals surface area contributed by atoms with Crippen molar-refractivity contribution in [3.63, 3.8) is 0 Å². The number of nitriles is 1. The van der Waals surface area contributed by atoms with Gasteiger partial charge >= 0.3 is 6.03 Å². The van der Waals surface area contributed by atoms with Gasteiger partial charge in [0, 0.05) is 31.1 Å². The highest BCUT2D eigenvalue weighted by atomic mass is 16.2. The van der Waals surface area contributed by atoms with E-state index in [-0.39, 0.29) is 17.9 Å². The number of hydrogen-bond acceptors (Lipinski definition) is 3. The number of anilines is 2. The molecule has 1 unspecified atom stereocenters. The normalized spacial score (nSPS) is 16.4. The molecule has 126 valence electrons. The van der Waals surface area contributed by atoms with Crippen molar-refractivity contribution in [1.29, 1.82) is 5.26 Å². The van der Waals surface area contributed by atoms with Crippen LogP contribution in [0.1, 0.15) is 12.0 Å². The summed E-state index contributed by atoms with van der Waals surface area (Å²) in [6.45, 7) is 0.980. The molecule has 1 fully saturated rings. The van der Waals surface area contributed by atoms with Gasteiger partial charge in [-0.25, -0.2) is 4.79 Å². The molecule has 0 aliphatic carbocycles. The lowest BCUT2D eigenvalue weighted by molar-refractivity contribution is -0.117. The van der Waals surface area contributed by atoms with E-state index in [4.69, 9.17) is 5.26 Å². The fourth-order valence-corrected chi connectivity index (χ4v) is 2.87. The number of rotatable bonds is 4. The number of carbonyl (C=O) groups is 2. The summed E-state index contributed by atoms with van der Waals surface area (Å²) in [6.07, 6.45) is 0.407. The van der Waals surface area contributed by atoms with Crippen molar-refractivity contribution >= 4 is 23.3 Å². The average Bonchev–Trinajstić information content (AvgIpc) is 3.02. The van der Waals surface area contributed by atoms with Crippen molar-refractivity contribution in [2.24, 2.45) is 5.92 Å². The second kappa shape index (κ2) is 7.49. The molecular formula is C19H18N4O2. The largest absolute Gasteiger partial charge is 0.338 e. The van der Waals surface area contributed by atoms with Crippen molar-refractivity contribution < 1.29 is 9.59 Å². The van der Waals surface area contributed by atoms with Gasteiger partial charge in [-0.05, 0) is 24.3 Å². The van der Waals surface area contributed by atoms with Gasteiger partial charge in [-0.3, -0.25) is 4.79 Å². The lowest BCUT2D eigenvalue weighted by atomic mass is 10.1. The highest BCUT2D eigenvalue weighted by molar-refractivity contribution is 5.96. The van der Waals surface area contributed by atoms with Crippen LogP contribution in [0.5, 0.6) is 0 Å². The molecule has 3 rings (SSSR count). The van der Waals surface area contributed by atoms with E-state index in [1.165, 1.54) is 0 Å². The molecule has 3 amide bonds. The van der Waals surface area contributed by atoms with E-state index < -0.39 is 0 Å². The van der Waals surface area contributed by atoms with Crippen molar-refractivity contribution in [2.45, 2.75) is 6.42 Å². The van der Waals surface area contributed by atoms with Crippen molar-refractivity contribution in [3.05, 3.63) is 60.2 Å². The van der Waals surface area contributed by atoms with Crippen LogP contribution in [0.25, 0.3) is 0 Å². The first-order valence-electron chi connectivity index (χ1n) is 8.07. The summed E-state index contributed by atoms with van der Waals surface area (Å²) in [5, 5.41) is 14.5. The van der Waals surface area contributed by atoms with E-state index in [0.717, 1.165) is 5.69 Å². The van der Waals surface area contributed by atoms with E-state index in [1.54, 1.807) is 29.2 Å². The van der Waals surface area contributed by atoms with Crippen LogP contribution in [0.15, 0.2) is 54.6 Å². The van der Waals surface area contributed by atoms with Gasteiger partial charge in [-0.1, -0.05) is 30.3 Å². The first-order valence-corrected chi connectivity index (χ1v) is 8.07. The second-order valence-electron chi connectivity index (χ2n) is 5.90. The highest BCUT2D eigenvalue weighted by Crippen LogP contribution is 2.24. The van der Waals surface area contributed by atoms with Gasteiger partial charge in [0.05, 0.1) is 11.3 Å². The third-order valence-corrected chi connectivity index (χ3v) is 4.12. The first-order chi connectivity index (χ1) is 12.2. The summed E-state index contributed by atoms with van der Waals surface area (Å²) in [5.41, 5.74) is 1.75. The molecule has 0 saturated carbocycles. The molecule has 1 aliphatic rings. The Kier molecular flexibility index (Phi) is 4.95. The molecular weight excluding hydrogens is 316 g/mol. The third kappa shape index (κ3) is 3.96. The molecule has 1 aliphatic heterocycles. The number of urea groups is 1. The SMILES string of the molecule is N#Cc1ccccc1NC(=O)NCC1CC(=O)N(c2ccccc2)C1. The zero-order valence-electron chi connectivity index (χ0n) is 13.6. The molecule has 0 bridgehead atoms. The molecule has 25 heavy (non-hydrogen) atoms. The summed E-state index contributed by atoms with van der Waals surface area (Å²) >= 11 is 0. The Morgan fingerprint density at radius 1 is 1.16 bits per heavy atom. The summed E-state index contributed by atoms with van der Waals surface area (Å²) in [6, 6.07) is 18.0. The smallest absolute Gasteiger partial charge is 0.319 e. The maximum Gasteiger partial charge on any atom is 0.319 e. The van der Waals surface area contributed by atoms with E-state index in [2.05, 4.69) is 10.6 Å². The Morgan fingerprint density at radius 3 is 2.64 bits per heavy atom. The predicted octanol–water partition coefficient (Wildman–Crippen LogP) is 2.73. The number of para-hydroxylation sites is 2. The standard InChI is InChI=1S/C19H18N4O2/c20-11-15-6-4-5-9-17(15)22-19(25)21-12-14-10-18(24)23(13-14)16-7-2-1-3-8-16/h1-9,14H,10,12-13H2,(H2,21,22,25). The second-order valence-corrected chi connectivity index (χ2v) is 5.90. The molecule has 1 saturated heterocycles. The molecule has 2 aromatic carbocycles. The van der Waals surface area contributed by atoms with Crippen molar-refractivity contribution in [3.8, 4) is 6.07 Å². The number of nitrogens with zero attached hydrogens (tertiary/aromatic N) is 2. The summed E-state index contributed by atoms with van der Waals surface area (Å²) < 4.78 is 0. The minimum absolute atomic E-state index is 0.0599. The number of nitrogens with one attached hydrogen (secondary N) is 2. The maximum atomic E-state index is 12.2. The van der Waals surface area contributed by atoms with Gasteiger partial charge in [-0.2, -0.15) is 5.26 Å².